The van der Waals surface area contributed by atoms with Gasteiger partial charge in [-0.15, -0.1) is 0 Å². The topological polar surface area (TPSA) is 52.7 Å². The monoisotopic (exact) mass is 387 g/mol. The summed E-state index contributed by atoms with van der Waals surface area (Å²) in [4.78, 5) is 29.5. The van der Waals surface area contributed by atoms with E-state index in [1.807, 2.05) is 31.7 Å². The Kier molecular flexibility index (Phi) is 8.05. The van der Waals surface area contributed by atoms with Gasteiger partial charge in [-0.3, -0.25) is 14.5 Å². The summed E-state index contributed by atoms with van der Waals surface area (Å²) in [5, 5.41) is 3.19. The molecule has 0 aromatic heterocycles. The summed E-state index contributed by atoms with van der Waals surface area (Å²) in [6, 6.07) is 10.6. The van der Waals surface area contributed by atoms with E-state index >= 15 is 0 Å². The van der Waals surface area contributed by atoms with E-state index in [9.17, 15) is 9.59 Å². The molecular formula is C23H37N3O2. The quantitative estimate of drug-likeness (QED) is 0.779. The van der Waals surface area contributed by atoms with Crippen molar-refractivity contribution in [3.63, 3.8) is 0 Å². The van der Waals surface area contributed by atoms with Gasteiger partial charge in [-0.05, 0) is 31.5 Å². The molecule has 0 spiro atoms. The standard InChI is InChI=1S/C23H37N3O2/c1-6-25(7-2)20(18-11-9-8-10-12-18)17-24-21(27)19-13-15-26(16-14-19)22(28)23(3,4)5/h8-12,19-20H,6-7,13-17H2,1-5H3,(H,24,27). The van der Waals surface area contributed by atoms with Crippen LogP contribution in [0.3, 0.4) is 0 Å². The van der Waals surface area contributed by atoms with E-state index in [0.29, 0.717) is 19.6 Å². The molecule has 1 aliphatic rings. The summed E-state index contributed by atoms with van der Waals surface area (Å²) in [5.74, 6) is 0.296. The van der Waals surface area contributed by atoms with Crippen LogP contribution < -0.4 is 5.32 Å². The minimum atomic E-state index is -0.359. The lowest BCUT2D eigenvalue weighted by Crippen LogP contribution is -2.47. The number of benzene rings is 1. The summed E-state index contributed by atoms with van der Waals surface area (Å²) in [5.41, 5.74) is 0.874. The predicted octanol–water partition coefficient (Wildman–Crippen LogP) is 3.47. The Morgan fingerprint density at radius 1 is 1.11 bits per heavy atom. The Morgan fingerprint density at radius 2 is 1.68 bits per heavy atom. The smallest absolute Gasteiger partial charge is 0.227 e. The van der Waals surface area contributed by atoms with Gasteiger partial charge in [0, 0.05) is 31.0 Å². The number of carbonyl (C=O) groups is 2. The summed E-state index contributed by atoms with van der Waals surface area (Å²) in [6.07, 6.45) is 1.49. The molecule has 0 radical (unpaired) electrons. The highest BCUT2D eigenvalue weighted by atomic mass is 16.2. The van der Waals surface area contributed by atoms with Crippen LogP contribution >= 0.6 is 0 Å². The molecule has 1 heterocycles. The number of amides is 2. The van der Waals surface area contributed by atoms with Gasteiger partial charge >= 0.3 is 0 Å². The van der Waals surface area contributed by atoms with Gasteiger partial charge < -0.3 is 10.2 Å². The van der Waals surface area contributed by atoms with E-state index in [4.69, 9.17) is 0 Å². The number of piperidine rings is 1. The Balaban J connectivity index is 1.92. The average molecular weight is 388 g/mol. The number of hydrogen-bond donors (Lipinski definition) is 1. The zero-order chi connectivity index (χ0) is 20.7. The average Bonchev–Trinajstić information content (AvgIpc) is 2.70. The molecule has 0 saturated carbocycles. The summed E-state index contributed by atoms with van der Waals surface area (Å²) < 4.78 is 0. The largest absolute Gasteiger partial charge is 0.354 e. The molecule has 5 nitrogen and oxygen atoms in total. The number of hydrogen-bond acceptors (Lipinski definition) is 3. The third-order valence-electron chi connectivity index (χ3n) is 5.70. The van der Waals surface area contributed by atoms with Crippen LogP contribution in [0.15, 0.2) is 30.3 Å². The lowest BCUT2D eigenvalue weighted by Gasteiger charge is -2.36. The SMILES string of the molecule is CCN(CC)C(CNC(=O)C1CCN(C(=O)C(C)(C)C)CC1)c1ccccc1. The first-order valence-corrected chi connectivity index (χ1v) is 10.6. The van der Waals surface area contributed by atoms with Crippen LogP contribution in [0.25, 0.3) is 0 Å². The fourth-order valence-corrected chi connectivity index (χ4v) is 3.96. The molecule has 1 aliphatic heterocycles. The van der Waals surface area contributed by atoms with Crippen LogP contribution in [0, 0.1) is 11.3 Å². The fourth-order valence-electron chi connectivity index (χ4n) is 3.96. The second-order valence-corrected chi connectivity index (χ2v) is 8.71. The first kappa shape index (κ1) is 22.4. The maximum atomic E-state index is 12.8. The Morgan fingerprint density at radius 3 is 2.18 bits per heavy atom. The highest BCUT2D eigenvalue weighted by Gasteiger charge is 2.32. The summed E-state index contributed by atoms with van der Waals surface area (Å²) >= 11 is 0. The first-order valence-electron chi connectivity index (χ1n) is 10.6. The maximum absolute atomic E-state index is 12.8. The molecule has 0 aliphatic carbocycles. The summed E-state index contributed by atoms with van der Waals surface area (Å²) in [7, 11) is 0. The van der Waals surface area contributed by atoms with Gasteiger partial charge in [0.05, 0.1) is 6.04 Å². The molecule has 2 amide bonds. The normalized spacial score (nSPS) is 16.9. The Bertz CT molecular complexity index is 627. The van der Waals surface area contributed by atoms with Gasteiger partial charge in [-0.2, -0.15) is 0 Å². The molecule has 1 aromatic carbocycles. The molecule has 1 unspecified atom stereocenters. The third kappa shape index (κ3) is 5.81. The molecule has 5 heteroatoms. The molecule has 1 saturated heterocycles. The van der Waals surface area contributed by atoms with E-state index in [1.165, 1.54) is 5.56 Å². The number of carbonyl (C=O) groups excluding carboxylic acids is 2. The van der Waals surface area contributed by atoms with Gasteiger partial charge in [-0.25, -0.2) is 0 Å². The van der Waals surface area contributed by atoms with Crippen LogP contribution in [-0.4, -0.2) is 54.3 Å². The van der Waals surface area contributed by atoms with Gasteiger partial charge in [0.2, 0.25) is 11.8 Å². The van der Waals surface area contributed by atoms with Crippen molar-refractivity contribution in [2.24, 2.45) is 11.3 Å². The molecule has 1 fully saturated rings. The highest BCUT2D eigenvalue weighted by molar-refractivity contribution is 5.82. The molecule has 2 rings (SSSR count). The Hall–Kier alpha value is -1.88. The van der Waals surface area contributed by atoms with Crippen molar-refractivity contribution >= 4 is 11.8 Å². The number of nitrogens with one attached hydrogen (secondary N) is 1. The maximum Gasteiger partial charge on any atom is 0.227 e. The molecule has 1 atom stereocenters. The molecule has 156 valence electrons. The van der Waals surface area contributed by atoms with E-state index in [2.05, 4.69) is 48.3 Å². The first-order chi connectivity index (χ1) is 13.3. The lowest BCUT2D eigenvalue weighted by molar-refractivity contribution is -0.142. The second kappa shape index (κ2) is 10.1. The van der Waals surface area contributed by atoms with Crippen molar-refractivity contribution < 1.29 is 9.59 Å². The van der Waals surface area contributed by atoms with Crippen molar-refractivity contribution in [2.75, 3.05) is 32.7 Å². The van der Waals surface area contributed by atoms with E-state index < -0.39 is 0 Å². The van der Waals surface area contributed by atoms with Gasteiger partial charge in [0.15, 0.2) is 0 Å². The summed E-state index contributed by atoms with van der Waals surface area (Å²) in [6.45, 7) is 14.0. The number of likely N-dealkylation sites (N-methyl/N-ethyl adjacent to an activating group) is 1. The Labute approximate surface area is 170 Å². The number of rotatable bonds is 7. The van der Waals surface area contributed by atoms with Gasteiger partial charge in [0.1, 0.15) is 0 Å². The van der Waals surface area contributed by atoms with E-state index in [1.54, 1.807) is 0 Å². The second-order valence-electron chi connectivity index (χ2n) is 8.71. The van der Waals surface area contributed by atoms with E-state index in [0.717, 1.165) is 25.9 Å². The van der Waals surface area contributed by atoms with Crippen molar-refractivity contribution in [3.05, 3.63) is 35.9 Å². The molecular weight excluding hydrogens is 350 g/mol. The minimum Gasteiger partial charge on any atom is -0.354 e. The lowest BCUT2D eigenvalue weighted by atomic mass is 9.90. The highest BCUT2D eigenvalue weighted by Crippen LogP contribution is 2.24. The van der Waals surface area contributed by atoms with Crippen LogP contribution in [0.2, 0.25) is 0 Å². The van der Waals surface area contributed by atoms with Crippen molar-refractivity contribution in [3.8, 4) is 0 Å². The zero-order valence-corrected chi connectivity index (χ0v) is 18.2. The number of likely N-dealkylation sites (tertiary alicyclic amines) is 1. The molecule has 0 bridgehead atoms. The number of nitrogens with zero attached hydrogens (tertiary/aromatic N) is 2. The molecule has 28 heavy (non-hydrogen) atoms. The van der Waals surface area contributed by atoms with E-state index in [-0.39, 0.29) is 29.2 Å². The van der Waals surface area contributed by atoms with Gasteiger partial charge in [0.25, 0.3) is 0 Å². The minimum absolute atomic E-state index is 0.00264. The zero-order valence-electron chi connectivity index (χ0n) is 18.2. The van der Waals surface area contributed by atoms with Crippen molar-refractivity contribution in [1.82, 2.24) is 15.1 Å². The van der Waals surface area contributed by atoms with Gasteiger partial charge in [-0.1, -0.05) is 65.0 Å². The predicted molar refractivity (Wildman–Crippen MR) is 114 cm³/mol. The van der Waals surface area contributed by atoms with Crippen LogP contribution in [0.4, 0.5) is 0 Å². The molecule has 1 N–H and O–H groups in total. The van der Waals surface area contributed by atoms with Crippen LogP contribution in [0.5, 0.6) is 0 Å². The van der Waals surface area contributed by atoms with Crippen molar-refractivity contribution in [2.45, 2.75) is 53.5 Å². The fraction of sp³-hybridized carbons (Fsp3) is 0.652. The third-order valence-corrected chi connectivity index (χ3v) is 5.70. The van der Waals surface area contributed by atoms with Crippen LogP contribution in [-0.2, 0) is 9.59 Å². The van der Waals surface area contributed by atoms with Crippen LogP contribution in [0.1, 0.15) is 59.1 Å². The molecule has 1 aromatic rings. The van der Waals surface area contributed by atoms with Crippen molar-refractivity contribution in [1.29, 1.82) is 0 Å².